The fraction of sp³-hybridized carbons (Fsp3) is 0.167. The highest BCUT2D eigenvalue weighted by molar-refractivity contribution is 6.06. The van der Waals surface area contributed by atoms with E-state index >= 15 is 0 Å². The maximum absolute atomic E-state index is 12.1. The van der Waals surface area contributed by atoms with Gasteiger partial charge in [-0.05, 0) is 22.7 Å². The Labute approximate surface area is 134 Å². The monoisotopic (exact) mass is 336 g/mol. The van der Waals surface area contributed by atoms with Crippen LogP contribution in [0.2, 0.25) is 0 Å². The number of rotatable bonds is 5. The Bertz CT molecular complexity index is 718. The number of nitrogens with two attached hydrogens (primary N) is 1. The Balaban J connectivity index is 2.24. The number of carboxylic acids is 1. The molecular weight excluding hydrogens is 324 g/mol. The molecule has 0 saturated carbocycles. The average Bonchev–Trinajstić information content (AvgIpc) is 2.75. The van der Waals surface area contributed by atoms with Crippen LogP contribution in [0.4, 0.5) is 10.5 Å². The number of hydrogen-bond donors (Lipinski definition) is 4. The summed E-state index contributed by atoms with van der Waals surface area (Å²) in [5.41, 5.74) is 5.41. The summed E-state index contributed by atoms with van der Waals surface area (Å²) in [7, 11) is 0. The molecule has 0 aliphatic carbocycles. The summed E-state index contributed by atoms with van der Waals surface area (Å²) in [6, 6.07) is 3.24. The fourth-order valence-corrected chi connectivity index (χ4v) is 2.16. The molecule has 1 fully saturated rings. The fourth-order valence-electron chi connectivity index (χ4n) is 2.16. The number of nitrogens with zero attached hydrogens (tertiary/aromatic N) is 3. The molecule has 2 rings (SSSR count). The molecule has 126 valence electrons. The van der Waals surface area contributed by atoms with E-state index in [-0.39, 0.29) is 5.69 Å². The molecule has 1 aromatic carbocycles. The molecular formula is C12H12N6O6. The highest BCUT2D eigenvalue weighted by atomic mass is 16.7. The van der Waals surface area contributed by atoms with Crippen LogP contribution in [0, 0.1) is 15.5 Å². The maximum Gasteiger partial charge on any atom is 0.325 e. The third-order valence-electron chi connectivity index (χ3n) is 3.18. The molecule has 1 aliphatic rings. The molecule has 1 unspecified atom stereocenters. The molecule has 12 heteroatoms. The molecule has 0 radical (unpaired) electrons. The third-order valence-corrected chi connectivity index (χ3v) is 3.18. The van der Waals surface area contributed by atoms with Crippen molar-refractivity contribution in [1.82, 2.24) is 10.2 Å². The summed E-state index contributed by atoms with van der Waals surface area (Å²) in [5, 5.41) is 28.5. The van der Waals surface area contributed by atoms with Crippen LogP contribution in [0.3, 0.4) is 0 Å². The van der Waals surface area contributed by atoms with Crippen molar-refractivity contribution in [3.05, 3.63) is 39.9 Å². The zero-order chi connectivity index (χ0) is 18.0. The maximum atomic E-state index is 12.1. The van der Waals surface area contributed by atoms with Crippen molar-refractivity contribution in [3.63, 3.8) is 0 Å². The van der Waals surface area contributed by atoms with Gasteiger partial charge in [0.25, 0.3) is 11.9 Å². The second-order valence-electron chi connectivity index (χ2n) is 4.73. The number of imide groups is 1. The van der Waals surface area contributed by atoms with E-state index in [2.05, 4.69) is 5.32 Å². The molecule has 3 amide bonds. The lowest BCUT2D eigenvalue weighted by atomic mass is 10.1. The van der Waals surface area contributed by atoms with Gasteiger partial charge in [-0.25, -0.2) is 14.9 Å². The van der Waals surface area contributed by atoms with E-state index in [1.807, 2.05) is 0 Å². The summed E-state index contributed by atoms with van der Waals surface area (Å²) >= 11 is 0. The van der Waals surface area contributed by atoms with Gasteiger partial charge in [0.15, 0.2) is 5.03 Å². The van der Waals surface area contributed by atoms with Crippen LogP contribution in [0.25, 0.3) is 0 Å². The molecule has 1 saturated heterocycles. The lowest BCUT2D eigenvalue weighted by Crippen LogP contribution is -2.41. The first kappa shape index (κ1) is 16.7. The molecule has 5 N–H and O–H groups in total. The van der Waals surface area contributed by atoms with Crippen molar-refractivity contribution >= 4 is 29.6 Å². The second-order valence-corrected chi connectivity index (χ2v) is 4.73. The van der Waals surface area contributed by atoms with Crippen LogP contribution in [0.15, 0.2) is 24.3 Å². The van der Waals surface area contributed by atoms with Crippen LogP contribution in [0.1, 0.15) is 11.6 Å². The van der Waals surface area contributed by atoms with Crippen LogP contribution >= 0.6 is 0 Å². The normalized spacial score (nSPS) is 16.7. The molecule has 0 spiro atoms. The van der Waals surface area contributed by atoms with E-state index < -0.39 is 41.5 Å². The zero-order valence-electron chi connectivity index (χ0n) is 12.0. The van der Waals surface area contributed by atoms with E-state index in [0.717, 1.165) is 0 Å². The number of carboxylic acid groups (broad SMARTS) is 1. The molecule has 12 nitrogen and oxygen atoms in total. The number of hydrazine groups is 1. The van der Waals surface area contributed by atoms with Crippen molar-refractivity contribution in [2.75, 3.05) is 11.6 Å². The first-order chi connectivity index (χ1) is 11.2. The summed E-state index contributed by atoms with van der Waals surface area (Å²) in [4.78, 5) is 45.8. The van der Waals surface area contributed by atoms with Gasteiger partial charge in [-0.3, -0.25) is 19.9 Å². The standard InChI is InChI=1S/C12H12N6O6/c13-11(14)17(18(23)24)7-3-1-6(2-4-7)9-10(21)16(5-8(19)20)12(22)15-9/h1-4,9H,5H2,(H3,13,14)(H,15,22)(H,19,20). The molecule has 1 heterocycles. The number of benzene rings is 1. The Morgan fingerprint density at radius 2 is 2.00 bits per heavy atom. The Morgan fingerprint density at radius 3 is 2.46 bits per heavy atom. The SMILES string of the molecule is N=C(N)N(c1ccc(C2NC(=O)N(CC(=O)O)C2=O)cc1)[N+](=O)[O-]. The van der Waals surface area contributed by atoms with Crippen molar-refractivity contribution < 1.29 is 24.5 Å². The largest absolute Gasteiger partial charge is 0.480 e. The number of urea groups is 1. The predicted molar refractivity (Wildman–Crippen MR) is 78.5 cm³/mol. The minimum Gasteiger partial charge on any atom is -0.480 e. The molecule has 1 aromatic rings. The number of aliphatic carboxylic acids is 1. The van der Waals surface area contributed by atoms with Crippen molar-refractivity contribution in [2.24, 2.45) is 5.73 Å². The van der Waals surface area contributed by atoms with Crippen molar-refractivity contribution in [1.29, 1.82) is 5.41 Å². The van der Waals surface area contributed by atoms with Gasteiger partial charge in [-0.2, -0.15) is 0 Å². The van der Waals surface area contributed by atoms with Gasteiger partial charge in [0.2, 0.25) is 0 Å². The quantitative estimate of drug-likeness (QED) is 0.178. The van der Waals surface area contributed by atoms with Crippen molar-refractivity contribution in [3.8, 4) is 0 Å². The second kappa shape index (κ2) is 6.20. The third kappa shape index (κ3) is 3.06. The van der Waals surface area contributed by atoms with Crippen molar-refractivity contribution in [2.45, 2.75) is 6.04 Å². The molecule has 1 aliphatic heterocycles. The number of nitro groups is 1. The summed E-state index contributed by atoms with van der Waals surface area (Å²) in [6.07, 6.45) is 0. The molecule has 0 aromatic heterocycles. The van der Waals surface area contributed by atoms with Gasteiger partial charge in [-0.15, -0.1) is 0 Å². The van der Waals surface area contributed by atoms with Gasteiger partial charge < -0.3 is 16.2 Å². The smallest absolute Gasteiger partial charge is 0.325 e. The Kier molecular flexibility index (Phi) is 4.30. The highest BCUT2D eigenvalue weighted by Gasteiger charge is 2.40. The number of nitrogens with one attached hydrogen (secondary N) is 2. The first-order valence-corrected chi connectivity index (χ1v) is 6.44. The molecule has 24 heavy (non-hydrogen) atoms. The van der Waals surface area contributed by atoms with E-state index in [0.29, 0.717) is 15.5 Å². The van der Waals surface area contributed by atoms with E-state index in [1.165, 1.54) is 24.3 Å². The van der Waals surface area contributed by atoms with Crippen LogP contribution in [-0.4, -0.2) is 45.5 Å². The number of carbonyl (C=O) groups is 3. The Hall–Kier alpha value is -3.70. The van der Waals surface area contributed by atoms with Gasteiger partial charge in [0.1, 0.15) is 18.3 Å². The van der Waals surface area contributed by atoms with E-state index in [1.54, 1.807) is 0 Å². The lowest BCUT2D eigenvalue weighted by Gasteiger charge is -2.13. The van der Waals surface area contributed by atoms with Crippen LogP contribution in [0.5, 0.6) is 0 Å². The van der Waals surface area contributed by atoms with E-state index in [9.17, 15) is 24.5 Å². The average molecular weight is 336 g/mol. The number of anilines is 1. The molecule has 0 bridgehead atoms. The predicted octanol–water partition coefficient (Wildman–Crippen LogP) is -0.744. The van der Waals surface area contributed by atoms with Gasteiger partial charge in [0.05, 0.1) is 0 Å². The number of guanidine groups is 1. The number of carbonyl (C=O) groups excluding carboxylic acids is 2. The van der Waals surface area contributed by atoms with Gasteiger partial charge in [-0.1, -0.05) is 12.1 Å². The van der Waals surface area contributed by atoms with Gasteiger partial charge >= 0.3 is 12.0 Å². The highest BCUT2D eigenvalue weighted by Crippen LogP contribution is 2.24. The van der Waals surface area contributed by atoms with Gasteiger partial charge in [0, 0.05) is 0 Å². The summed E-state index contributed by atoms with van der Waals surface area (Å²) in [5.74, 6) is -2.88. The van der Waals surface area contributed by atoms with Crippen LogP contribution < -0.4 is 16.1 Å². The Morgan fingerprint density at radius 1 is 1.42 bits per heavy atom. The number of amides is 3. The minimum absolute atomic E-state index is 0.0181. The van der Waals surface area contributed by atoms with Crippen LogP contribution in [-0.2, 0) is 9.59 Å². The molecule has 1 atom stereocenters. The van der Waals surface area contributed by atoms with E-state index in [4.69, 9.17) is 16.2 Å². The summed E-state index contributed by atoms with van der Waals surface area (Å²) in [6.45, 7) is -0.765. The zero-order valence-corrected chi connectivity index (χ0v) is 12.0. The topological polar surface area (TPSA) is 183 Å². The summed E-state index contributed by atoms with van der Waals surface area (Å²) < 4.78 is 0. The minimum atomic E-state index is -1.34. The lowest BCUT2D eigenvalue weighted by molar-refractivity contribution is -0.479. The number of hydrogen-bond acceptors (Lipinski definition) is 6. The first-order valence-electron chi connectivity index (χ1n) is 6.44.